The van der Waals surface area contributed by atoms with Crippen LogP contribution in [0.1, 0.15) is 43.1 Å². The fourth-order valence-corrected chi connectivity index (χ4v) is 5.41. The summed E-state index contributed by atoms with van der Waals surface area (Å²) in [6, 6.07) is 15.2. The third kappa shape index (κ3) is 4.07. The van der Waals surface area contributed by atoms with Crippen LogP contribution in [-0.2, 0) is 11.2 Å². The van der Waals surface area contributed by atoms with E-state index in [1.165, 1.54) is 34.7 Å². The van der Waals surface area contributed by atoms with Gasteiger partial charge in [-0.05, 0) is 79.5 Å². The molecule has 6 rings (SSSR count). The van der Waals surface area contributed by atoms with Crippen LogP contribution >= 0.6 is 0 Å². The minimum atomic E-state index is -0.261. The minimum absolute atomic E-state index is 0.0479. The van der Waals surface area contributed by atoms with E-state index in [1.807, 2.05) is 0 Å². The summed E-state index contributed by atoms with van der Waals surface area (Å²) >= 11 is 0. The number of fused-ring (bicyclic) bond motifs is 1. The molecule has 0 amide bonds. The lowest BCUT2D eigenvalue weighted by Crippen LogP contribution is -2.47. The Balaban J connectivity index is 1.32. The van der Waals surface area contributed by atoms with E-state index in [-0.39, 0.29) is 17.9 Å². The second kappa shape index (κ2) is 8.72. The Labute approximate surface area is 192 Å². The number of hydrogen-bond acceptors (Lipinski definition) is 5. The molecule has 6 nitrogen and oxygen atoms in total. The monoisotopic (exact) mass is 445 g/mol. The number of ether oxygens (including phenoxy) is 1. The van der Waals surface area contributed by atoms with Crippen LogP contribution in [0, 0.1) is 11.7 Å². The Morgan fingerprint density at radius 2 is 1.88 bits per heavy atom. The van der Waals surface area contributed by atoms with Gasteiger partial charge >= 0.3 is 0 Å². The van der Waals surface area contributed by atoms with Gasteiger partial charge in [-0.25, -0.2) is 9.37 Å². The summed E-state index contributed by atoms with van der Waals surface area (Å²) in [6.07, 6.45) is 5.09. The highest BCUT2D eigenvalue weighted by atomic mass is 19.1. The van der Waals surface area contributed by atoms with Crippen molar-refractivity contribution in [2.75, 3.05) is 18.5 Å². The molecule has 0 bridgehead atoms. The molecule has 2 unspecified atom stereocenters. The van der Waals surface area contributed by atoms with Gasteiger partial charge in [-0.2, -0.15) is 5.10 Å². The molecule has 3 aliphatic heterocycles. The van der Waals surface area contributed by atoms with Crippen molar-refractivity contribution in [1.82, 2.24) is 20.5 Å². The van der Waals surface area contributed by atoms with E-state index in [0.717, 1.165) is 56.7 Å². The van der Waals surface area contributed by atoms with Crippen molar-refractivity contribution in [3.05, 3.63) is 77.0 Å². The summed E-state index contributed by atoms with van der Waals surface area (Å²) < 4.78 is 19.1. The van der Waals surface area contributed by atoms with Crippen LogP contribution in [0.5, 0.6) is 0 Å². The van der Waals surface area contributed by atoms with Crippen LogP contribution in [-0.4, -0.2) is 34.4 Å². The van der Waals surface area contributed by atoms with Gasteiger partial charge in [-0.1, -0.05) is 18.2 Å². The quantitative estimate of drug-likeness (QED) is 0.542. The number of H-pyrrole nitrogens is 1. The van der Waals surface area contributed by atoms with Gasteiger partial charge in [0.05, 0.1) is 12.1 Å². The van der Waals surface area contributed by atoms with E-state index in [4.69, 9.17) is 9.72 Å². The van der Waals surface area contributed by atoms with E-state index in [2.05, 4.69) is 45.1 Å². The maximum absolute atomic E-state index is 13.3. The predicted molar refractivity (Wildman–Crippen MR) is 125 cm³/mol. The van der Waals surface area contributed by atoms with Gasteiger partial charge in [0, 0.05) is 30.2 Å². The van der Waals surface area contributed by atoms with E-state index in [0.29, 0.717) is 11.7 Å². The number of nitrogens with zero attached hydrogens (tertiary/aromatic N) is 2. The Kier molecular flexibility index (Phi) is 5.44. The van der Waals surface area contributed by atoms with E-state index < -0.39 is 0 Å². The fourth-order valence-electron chi connectivity index (χ4n) is 5.41. The molecular formula is C26H28FN5O. The molecule has 0 radical (unpaired) electrons. The third-order valence-corrected chi connectivity index (χ3v) is 7.12. The number of aromatic amines is 1. The summed E-state index contributed by atoms with van der Waals surface area (Å²) in [4.78, 5) is 4.79. The van der Waals surface area contributed by atoms with E-state index >= 15 is 0 Å². The first-order valence-electron chi connectivity index (χ1n) is 11.8. The van der Waals surface area contributed by atoms with Crippen LogP contribution in [0.4, 0.5) is 10.1 Å². The molecule has 170 valence electrons. The molecule has 1 aromatic heterocycles. The number of aromatic nitrogens is 3. The standard InChI is InChI=1S/C26H28FN5O/c27-20-9-7-17(8-10-20)25-30-26(32-31-25)22-15-19-14-18-4-1-2-6-21(18)28-24(19)23(29-22)16-5-3-12-33-13-11-16/h1-2,4,6-10,16,22-23,28-29H,3,5,11-15H2,(H,30,31,32)/t16?,22-,23?/m1/s1. The Morgan fingerprint density at radius 1 is 1.00 bits per heavy atom. The number of hydrogen-bond donors (Lipinski definition) is 3. The summed E-state index contributed by atoms with van der Waals surface area (Å²) in [5.41, 5.74) is 6.12. The number of halogens is 1. The van der Waals surface area contributed by atoms with Crippen molar-refractivity contribution < 1.29 is 9.13 Å². The fraction of sp³-hybridized carbons (Fsp3) is 0.385. The zero-order chi connectivity index (χ0) is 22.2. The van der Waals surface area contributed by atoms with E-state index in [9.17, 15) is 4.39 Å². The molecule has 2 aromatic carbocycles. The van der Waals surface area contributed by atoms with Gasteiger partial charge in [0.1, 0.15) is 11.6 Å². The first-order valence-corrected chi connectivity index (χ1v) is 11.8. The normalized spacial score (nSPS) is 25.1. The highest BCUT2D eigenvalue weighted by Crippen LogP contribution is 2.40. The average molecular weight is 446 g/mol. The first kappa shape index (κ1) is 20.6. The van der Waals surface area contributed by atoms with Gasteiger partial charge in [0.25, 0.3) is 0 Å². The highest BCUT2D eigenvalue weighted by molar-refractivity contribution is 5.62. The maximum atomic E-state index is 13.3. The molecule has 0 aliphatic carbocycles. The largest absolute Gasteiger partial charge is 0.381 e. The third-order valence-electron chi connectivity index (χ3n) is 7.12. The number of nitrogens with one attached hydrogen (secondary N) is 3. The van der Waals surface area contributed by atoms with Crippen molar-refractivity contribution in [3.8, 4) is 11.4 Å². The molecule has 0 saturated carbocycles. The van der Waals surface area contributed by atoms with Crippen LogP contribution in [0.2, 0.25) is 0 Å². The molecule has 4 heterocycles. The molecule has 1 fully saturated rings. The molecule has 1 saturated heterocycles. The highest BCUT2D eigenvalue weighted by Gasteiger charge is 2.37. The van der Waals surface area contributed by atoms with Gasteiger partial charge in [-0.15, -0.1) is 0 Å². The summed E-state index contributed by atoms with van der Waals surface area (Å²) in [7, 11) is 0. The maximum Gasteiger partial charge on any atom is 0.181 e. The van der Waals surface area contributed by atoms with Crippen molar-refractivity contribution >= 4 is 5.69 Å². The molecular weight excluding hydrogens is 417 g/mol. The first-order chi connectivity index (χ1) is 16.2. The van der Waals surface area contributed by atoms with Crippen LogP contribution in [0.25, 0.3) is 11.4 Å². The molecule has 33 heavy (non-hydrogen) atoms. The smallest absolute Gasteiger partial charge is 0.181 e. The summed E-state index contributed by atoms with van der Waals surface area (Å²) in [5.74, 6) is 1.66. The zero-order valence-corrected chi connectivity index (χ0v) is 18.5. The predicted octanol–water partition coefficient (Wildman–Crippen LogP) is 4.75. The molecule has 3 aliphatic rings. The summed E-state index contributed by atoms with van der Waals surface area (Å²) in [6.45, 7) is 1.65. The summed E-state index contributed by atoms with van der Waals surface area (Å²) in [5, 5.41) is 15.3. The van der Waals surface area contributed by atoms with Crippen molar-refractivity contribution in [2.45, 2.75) is 44.2 Å². The second-order valence-corrected chi connectivity index (χ2v) is 9.23. The Morgan fingerprint density at radius 3 is 2.79 bits per heavy atom. The lowest BCUT2D eigenvalue weighted by atomic mass is 9.80. The van der Waals surface area contributed by atoms with Crippen molar-refractivity contribution in [1.29, 1.82) is 0 Å². The molecule has 3 N–H and O–H groups in total. The molecule has 3 atom stereocenters. The number of anilines is 1. The topological polar surface area (TPSA) is 74.9 Å². The SMILES string of the molecule is Fc1ccc(-c2n[nH]c([C@H]3CC4=C(Nc5ccccc5C4)C(C4CCCOCC4)N3)n2)cc1. The van der Waals surface area contributed by atoms with Gasteiger partial charge in [-0.3, -0.25) is 10.4 Å². The molecule has 3 aromatic rings. The van der Waals surface area contributed by atoms with Crippen molar-refractivity contribution in [3.63, 3.8) is 0 Å². The molecule has 0 spiro atoms. The zero-order valence-electron chi connectivity index (χ0n) is 18.5. The lowest BCUT2D eigenvalue weighted by Gasteiger charge is -2.41. The van der Waals surface area contributed by atoms with Crippen molar-refractivity contribution in [2.24, 2.45) is 5.92 Å². The van der Waals surface area contributed by atoms with E-state index in [1.54, 1.807) is 12.1 Å². The Bertz CT molecular complexity index is 1160. The van der Waals surface area contributed by atoms with Gasteiger partial charge in [0.2, 0.25) is 0 Å². The van der Waals surface area contributed by atoms with Crippen LogP contribution < -0.4 is 10.6 Å². The van der Waals surface area contributed by atoms with Crippen LogP contribution in [0.3, 0.4) is 0 Å². The second-order valence-electron chi connectivity index (χ2n) is 9.23. The number of benzene rings is 2. The number of rotatable bonds is 3. The van der Waals surface area contributed by atoms with Gasteiger partial charge in [0.15, 0.2) is 5.82 Å². The van der Waals surface area contributed by atoms with Gasteiger partial charge < -0.3 is 10.1 Å². The lowest BCUT2D eigenvalue weighted by molar-refractivity contribution is 0.139. The molecule has 7 heteroatoms. The van der Waals surface area contributed by atoms with Crippen LogP contribution in [0.15, 0.2) is 59.8 Å². The average Bonchev–Trinajstić information content (AvgIpc) is 3.18. The number of para-hydroxylation sites is 1. The minimum Gasteiger partial charge on any atom is -0.381 e. The Hall–Kier alpha value is -3.03.